The zero-order valence-electron chi connectivity index (χ0n) is 15.8. The number of aromatic nitrogens is 2. The minimum Gasteiger partial charge on any atom is -0.329 e. The maximum Gasteiger partial charge on any atom is 0.286 e. The molecule has 6 nitrogen and oxygen atoms in total. The summed E-state index contributed by atoms with van der Waals surface area (Å²) >= 11 is 1.18. The number of carbonyl (C=O) groups excluding carboxylic acids is 2. The molecule has 0 unspecified atom stereocenters. The molecule has 1 fully saturated rings. The van der Waals surface area contributed by atoms with Crippen LogP contribution in [-0.4, -0.2) is 33.5 Å². The van der Waals surface area contributed by atoms with Crippen LogP contribution in [0.1, 0.15) is 49.6 Å². The van der Waals surface area contributed by atoms with Gasteiger partial charge in [-0.1, -0.05) is 29.5 Å². The summed E-state index contributed by atoms with van der Waals surface area (Å²) in [5, 5.41) is 11.7. The number of anilines is 1. The second kappa shape index (κ2) is 8.08. The average molecular weight is 410 g/mol. The van der Waals surface area contributed by atoms with Crippen molar-refractivity contribution in [3.63, 3.8) is 0 Å². The fourth-order valence-corrected chi connectivity index (χ4v) is 4.30. The van der Waals surface area contributed by atoms with E-state index in [1.54, 1.807) is 0 Å². The van der Waals surface area contributed by atoms with E-state index in [4.69, 9.17) is 0 Å². The van der Waals surface area contributed by atoms with Gasteiger partial charge in [-0.2, -0.15) is 0 Å². The Morgan fingerprint density at radius 1 is 1.14 bits per heavy atom. The zero-order chi connectivity index (χ0) is 20.4. The van der Waals surface area contributed by atoms with Crippen LogP contribution >= 0.6 is 11.3 Å². The molecule has 4 rings (SSSR count). The highest BCUT2D eigenvalue weighted by atomic mass is 32.1. The van der Waals surface area contributed by atoms with Crippen molar-refractivity contribution >= 4 is 28.8 Å². The van der Waals surface area contributed by atoms with Crippen molar-refractivity contribution in [2.45, 2.75) is 25.8 Å². The Hall–Kier alpha value is -3.13. The molecule has 3 aromatic rings. The molecule has 2 aromatic carbocycles. The van der Waals surface area contributed by atoms with Crippen LogP contribution in [0.2, 0.25) is 0 Å². The summed E-state index contributed by atoms with van der Waals surface area (Å²) in [6.45, 7) is 2.57. The monoisotopic (exact) mass is 410 g/mol. The van der Waals surface area contributed by atoms with Crippen molar-refractivity contribution in [2.75, 3.05) is 11.9 Å². The van der Waals surface area contributed by atoms with Crippen LogP contribution in [-0.2, 0) is 0 Å². The minimum atomic E-state index is -0.407. The molecule has 0 radical (unpaired) electrons. The predicted molar refractivity (Wildman–Crippen MR) is 108 cm³/mol. The van der Waals surface area contributed by atoms with Gasteiger partial charge in [0.05, 0.1) is 6.04 Å². The number of nitrogens with zero attached hydrogens (tertiary/aromatic N) is 3. The van der Waals surface area contributed by atoms with E-state index in [2.05, 4.69) is 15.5 Å². The van der Waals surface area contributed by atoms with Gasteiger partial charge in [-0.15, -0.1) is 10.2 Å². The smallest absolute Gasteiger partial charge is 0.286 e. The predicted octanol–water partition coefficient (Wildman–Crippen LogP) is 4.22. The lowest BCUT2D eigenvalue weighted by atomic mass is 10.1. The molecule has 1 N–H and O–H groups in total. The van der Waals surface area contributed by atoms with Gasteiger partial charge in [-0.05, 0) is 55.7 Å². The minimum absolute atomic E-state index is 0.0295. The van der Waals surface area contributed by atoms with Gasteiger partial charge < -0.3 is 10.2 Å². The normalized spacial score (nSPS) is 16.1. The van der Waals surface area contributed by atoms with Crippen molar-refractivity contribution in [1.82, 2.24) is 15.1 Å². The lowest BCUT2D eigenvalue weighted by molar-refractivity contribution is 0.0734. The van der Waals surface area contributed by atoms with Crippen molar-refractivity contribution in [3.05, 3.63) is 75.5 Å². The highest BCUT2D eigenvalue weighted by Gasteiger charge is 2.34. The van der Waals surface area contributed by atoms with Gasteiger partial charge in [0, 0.05) is 17.8 Å². The Kier molecular flexibility index (Phi) is 5.35. The van der Waals surface area contributed by atoms with Gasteiger partial charge in [0.25, 0.3) is 11.8 Å². The Morgan fingerprint density at radius 3 is 2.66 bits per heavy atom. The molecule has 8 heteroatoms. The molecule has 0 aliphatic carbocycles. The third kappa shape index (κ3) is 4.02. The van der Waals surface area contributed by atoms with Crippen LogP contribution in [0.15, 0.2) is 48.5 Å². The molecule has 1 aromatic heterocycles. The number of amides is 2. The topological polar surface area (TPSA) is 75.2 Å². The molecular weight excluding hydrogens is 391 g/mol. The first-order valence-corrected chi connectivity index (χ1v) is 10.1. The fraction of sp³-hybridized carbons (Fsp3) is 0.238. The number of nitrogens with one attached hydrogen (secondary N) is 1. The highest BCUT2D eigenvalue weighted by Crippen LogP contribution is 2.35. The Morgan fingerprint density at radius 2 is 1.90 bits per heavy atom. The van der Waals surface area contributed by atoms with Gasteiger partial charge in [-0.25, -0.2) is 4.39 Å². The molecular formula is C21H19FN4O2S. The van der Waals surface area contributed by atoms with Gasteiger partial charge in [-0.3, -0.25) is 9.59 Å². The summed E-state index contributed by atoms with van der Waals surface area (Å²) in [5.41, 5.74) is 2.09. The van der Waals surface area contributed by atoms with E-state index in [0.717, 1.165) is 18.4 Å². The molecule has 1 aliphatic heterocycles. The van der Waals surface area contributed by atoms with Gasteiger partial charge in [0.2, 0.25) is 5.01 Å². The molecule has 0 spiro atoms. The van der Waals surface area contributed by atoms with E-state index in [0.29, 0.717) is 22.8 Å². The number of benzene rings is 2. The third-order valence-corrected chi connectivity index (χ3v) is 5.93. The molecule has 0 bridgehead atoms. The number of carbonyl (C=O) groups is 2. The van der Waals surface area contributed by atoms with E-state index in [1.807, 2.05) is 36.1 Å². The molecule has 1 aliphatic rings. The van der Waals surface area contributed by atoms with E-state index >= 15 is 0 Å². The van der Waals surface area contributed by atoms with Crippen molar-refractivity contribution in [2.24, 2.45) is 0 Å². The standard InChI is InChI=1S/C21H19FN4O2S/c1-13-5-2-3-6-16(13)21(28)26-12-4-7-17(26)19-24-25-20(29-19)18(27)23-15-10-8-14(22)9-11-15/h2-3,5-6,8-11,17H,4,7,12H2,1H3,(H,23,27)/t17-/m0/s1. The summed E-state index contributed by atoms with van der Waals surface area (Å²) in [6.07, 6.45) is 1.66. The average Bonchev–Trinajstić information content (AvgIpc) is 3.39. The fourth-order valence-electron chi connectivity index (χ4n) is 3.41. The maximum atomic E-state index is 13.0. The third-order valence-electron chi connectivity index (χ3n) is 4.91. The molecule has 1 saturated heterocycles. The first-order valence-electron chi connectivity index (χ1n) is 9.30. The largest absolute Gasteiger partial charge is 0.329 e. The molecule has 2 heterocycles. The van der Waals surface area contributed by atoms with E-state index in [1.165, 1.54) is 35.6 Å². The zero-order valence-corrected chi connectivity index (χ0v) is 16.6. The maximum absolute atomic E-state index is 13.0. The second-order valence-corrected chi connectivity index (χ2v) is 7.89. The number of hydrogen-bond acceptors (Lipinski definition) is 5. The summed E-state index contributed by atoms with van der Waals surface area (Å²) < 4.78 is 13.0. The first kappa shape index (κ1) is 19.2. The second-order valence-electron chi connectivity index (χ2n) is 6.88. The summed E-state index contributed by atoms with van der Waals surface area (Å²) in [7, 11) is 0. The highest BCUT2D eigenvalue weighted by molar-refractivity contribution is 7.13. The molecule has 2 amide bonds. The van der Waals surface area contributed by atoms with Gasteiger partial charge >= 0.3 is 0 Å². The number of halogens is 1. The van der Waals surface area contributed by atoms with Crippen LogP contribution in [0.4, 0.5) is 10.1 Å². The first-order chi connectivity index (χ1) is 14.0. The van der Waals surface area contributed by atoms with Crippen LogP contribution in [0.3, 0.4) is 0 Å². The molecule has 148 valence electrons. The Bertz CT molecular complexity index is 1050. The van der Waals surface area contributed by atoms with E-state index < -0.39 is 5.91 Å². The van der Waals surface area contributed by atoms with Gasteiger partial charge in [0.1, 0.15) is 10.8 Å². The van der Waals surface area contributed by atoms with Crippen LogP contribution in [0.5, 0.6) is 0 Å². The van der Waals surface area contributed by atoms with Crippen LogP contribution < -0.4 is 5.32 Å². The molecule has 29 heavy (non-hydrogen) atoms. The van der Waals surface area contributed by atoms with Gasteiger partial charge in [0.15, 0.2) is 0 Å². The van der Waals surface area contributed by atoms with Crippen LogP contribution in [0.25, 0.3) is 0 Å². The lowest BCUT2D eigenvalue weighted by Gasteiger charge is -2.23. The SMILES string of the molecule is Cc1ccccc1C(=O)N1CCC[C@H]1c1nnc(C(=O)Nc2ccc(F)cc2)s1. The molecule has 1 atom stereocenters. The number of hydrogen-bond donors (Lipinski definition) is 1. The number of likely N-dealkylation sites (tertiary alicyclic amines) is 1. The Labute approximate surface area is 171 Å². The van der Waals surface area contributed by atoms with Crippen molar-refractivity contribution < 1.29 is 14.0 Å². The molecule has 0 saturated carbocycles. The van der Waals surface area contributed by atoms with Crippen molar-refractivity contribution in [1.29, 1.82) is 0 Å². The summed E-state index contributed by atoms with van der Waals surface area (Å²) in [5.74, 6) is -0.811. The van der Waals surface area contributed by atoms with E-state index in [-0.39, 0.29) is 22.8 Å². The van der Waals surface area contributed by atoms with Crippen LogP contribution in [0, 0.1) is 12.7 Å². The Balaban J connectivity index is 1.50. The quantitative estimate of drug-likeness (QED) is 0.699. The summed E-state index contributed by atoms with van der Waals surface area (Å²) in [4.78, 5) is 27.3. The van der Waals surface area contributed by atoms with Crippen molar-refractivity contribution in [3.8, 4) is 0 Å². The van der Waals surface area contributed by atoms with E-state index in [9.17, 15) is 14.0 Å². The number of rotatable bonds is 4. The lowest BCUT2D eigenvalue weighted by Crippen LogP contribution is -2.31. The number of aryl methyl sites for hydroxylation is 1. The summed E-state index contributed by atoms with van der Waals surface area (Å²) in [6, 6.07) is 12.8.